The molecule has 174 valence electrons. The zero-order valence-corrected chi connectivity index (χ0v) is 18.8. The van der Waals surface area contributed by atoms with Gasteiger partial charge >= 0.3 is 0 Å². The SMILES string of the molecule is C=C1OCc2cn(-c3ccc(N4CCC(NC5CCC5)C(F)(F)C4)nc3)nc2/C1=C/C=C\C. The van der Waals surface area contributed by atoms with Gasteiger partial charge in [0.25, 0.3) is 5.92 Å². The Balaban J connectivity index is 1.31. The van der Waals surface area contributed by atoms with Crippen molar-refractivity contribution in [2.24, 2.45) is 0 Å². The van der Waals surface area contributed by atoms with Gasteiger partial charge in [0.2, 0.25) is 0 Å². The van der Waals surface area contributed by atoms with Crippen molar-refractivity contribution in [3.8, 4) is 5.69 Å². The largest absolute Gasteiger partial charge is 0.489 e. The molecule has 0 aromatic carbocycles. The zero-order valence-electron chi connectivity index (χ0n) is 18.8. The maximum absolute atomic E-state index is 14.8. The van der Waals surface area contributed by atoms with E-state index in [1.54, 1.807) is 21.8 Å². The molecular formula is C25H29F2N5O. The Bertz CT molecular complexity index is 1080. The van der Waals surface area contributed by atoms with Gasteiger partial charge < -0.3 is 15.0 Å². The molecule has 0 bridgehead atoms. The zero-order chi connectivity index (χ0) is 23.0. The number of anilines is 1. The van der Waals surface area contributed by atoms with Crippen molar-refractivity contribution in [2.45, 2.75) is 57.2 Å². The third-order valence-corrected chi connectivity index (χ3v) is 6.66. The molecule has 2 aliphatic heterocycles. The molecule has 5 rings (SSSR count). The molecule has 1 N–H and O–H groups in total. The highest BCUT2D eigenvalue weighted by Gasteiger charge is 2.46. The summed E-state index contributed by atoms with van der Waals surface area (Å²) in [6.07, 6.45) is 12.9. The molecule has 4 heterocycles. The van der Waals surface area contributed by atoms with Crippen molar-refractivity contribution in [2.75, 3.05) is 18.0 Å². The normalized spacial score (nSPS) is 24.1. The molecule has 3 aliphatic rings. The van der Waals surface area contributed by atoms with E-state index >= 15 is 0 Å². The van der Waals surface area contributed by atoms with Crippen molar-refractivity contribution >= 4 is 11.4 Å². The Morgan fingerprint density at radius 2 is 2.12 bits per heavy atom. The van der Waals surface area contributed by atoms with Crippen molar-refractivity contribution in [1.82, 2.24) is 20.1 Å². The Kier molecular flexibility index (Phi) is 5.78. The number of halogens is 2. The maximum atomic E-state index is 14.8. The number of ether oxygens (including phenoxy) is 1. The second kappa shape index (κ2) is 8.74. The van der Waals surface area contributed by atoms with Gasteiger partial charge in [-0.2, -0.15) is 5.10 Å². The van der Waals surface area contributed by atoms with Crippen LogP contribution >= 0.6 is 0 Å². The topological polar surface area (TPSA) is 55.2 Å². The van der Waals surface area contributed by atoms with E-state index < -0.39 is 12.0 Å². The average molecular weight is 454 g/mol. The van der Waals surface area contributed by atoms with Gasteiger partial charge in [-0.25, -0.2) is 18.4 Å². The van der Waals surface area contributed by atoms with Crippen molar-refractivity contribution < 1.29 is 13.5 Å². The van der Waals surface area contributed by atoms with Crippen LogP contribution in [0.3, 0.4) is 0 Å². The highest BCUT2D eigenvalue weighted by Crippen LogP contribution is 2.34. The lowest BCUT2D eigenvalue weighted by Gasteiger charge is -2.42. The lowest BCUT2D eigenvalue weighted by molar-refractivity contribution is -0.0491. The fourth-order valence-electron chi connectivity index (χ4n) is 4.51. The van der Waals surface area contributed by atoms with Gasteiger partial charge in [-0.3, -0.25) is 0 Å². The van der Waals surface area contributed by atoms with Crippen LogP contribution in [0.25, 0.3) is 11.3 Å². The summed E-state index contributed by atoms with van der Waals surface area (Å²) in [5.41, 5.74) is 3.40. The van der Waals surface area contributed by atoms with Gasteiger partial charge in [0.1, 0.15) is 23.9 Å². The van der Waals surface area contributed by atoms with Crippen LogP contribution in [-0.4, -0.2) is 45.9 Å². The summed E-state index contributed by atoms with van der Waals surface area (Å²) in [7, 11) is 0. The maximum Gasteiger partial charge on any atom is 0.280 e. The van der Waals surface area contributed by atoms with E-state index in [-0.39, 0.29) is 12.6 Å². The molecular weight excluding hydrogens is 424 g/mol. The average Bonchev–Trinajstić information content (AvgIpc) is 3.20. The number of allylic oxidation sites excluding steroid dienone is 4. The second-order valence-electron chi connectivity index (χ2n) is 8.96. The van der Waals surface area contributed by atoms with E-state index in [1.807, 2.05) is 37.4 Å². The summed E-state index contributed by atoms with van der Waals surface area (Å²) < 4.78 is 37.0. The van der Waals surface area contributed by atoms with E-state index in [0.29, 0.717) is 31.1 Å². The molecule has 0 radical (unpaired) electrons. The Hall–Kier alpha value is -3.00. The number of nitrogens with one attached hydrogen (secondary N) is 1. The molecule has 0 spiro atoms. The summed E-state index contributed by atoms with van der Waals surface area (Å²) in [5.74, 6) is -1.63. The highest BCUT2D eigenvalue weighted by molar-refractivity contribution is 5.78. The number of fused-ring (bicyclic) bond motifs is 1. The van der Waals surface area contributed by atoms with Gasteiger partial charge in [-0.05, 0) is 44.4 Å². The minimum absolute atomic E-state index is 0.251. The molecule has 1 atom stereocenters. The smallest absolute Gasteiger partial charge is 0.280 e. The lowest BCUT2D eigenvalue weighted by atomic mass is 9.90. The minimum Gasteiger partial charge on any atom is -0.489 e. The summed E-state index contributed by atoms with van der Waals surface area (Å²) in [4.78, 5) is 6.16. The van der Waals surface area contributed by atoms with Gasteiger partial charge in [0, 0.05) is 29.9 Å². The molecule has 1 aliphatic carbocycles. The molecule has 33 heavy (non-hydrogen) atoms. The standard InChI is InChI=1S/C25H29F2N5O/c1-3-4-8-21-17(2)33-15-18-14-32(30-24(18)21)20-9-10-23(28-13-20)31-12-11-22(25(26,27)16-31)29-19-6-5-7-19/h3-4,8-10,13-14,19,22,29H,2,5-7,11-12,15-16H2,1H3/b4-3-,21-8+. The highest BCUT2D eigenvalue weighted by atomic mass is 19.3. The lowest BCUT2D eigenvalue weighted by Crippen LogP contribution is -2.60. The predicted molar refractivity (Wildman–Crippen MR) is 124 cm³/mol. The fraction of sp³-hybridized carbons (Fsp3) is 0.440. The van der Waals surface area contributed by atoms with Crippen molar-refractivity contribution in [3.63, 3.8) is 0 Å². The van der Waals surface area contributed by atoms with E-state index in [9.17, 15) is 8.78 Å². The van der Waals surface area contributed by atoms with Crippen molar-refractivity contribution in [1.29, 1.82) is 0 Å². The Morgan fingerprint density at radius 1 is 1.27 bits per heavy atom. The van der Waals surface area contributed by atoms with Crippen LogP contribution in [0.4, 0.5) is 14.6 Å². The third kappa shape index (κ3) is 4.31. The Morgan fingerprint density at radius 3 is 2.79 bits per heavy atom. The first-order valence-corrected chi connectivity index (χ1v) is 11.5. The van der Waals surface area contributed by atoms with Gasteiger partial charge in [0.05, 0.1) is 24.5 Å². The fourth-order valence-corrected chi connectivity index (χ4v) is 4.51. The number of nitrogens with zero attached hydrogens (tertiary/aromatic N) is 4. The van der Waals surface area contributed by atoms with Gasteiger partial charge in [0.15, 0.2) is 0 Å². The Labute approximate surface area is 192 Å². The first-order chi connectivity index (χ1) is 15.9. The monoisotopic (exact) mass is 453 g/mol. The van der Waals surface area contributed by atoms with Crippen LogP contribution in [0.15, 0.2) is 55.1 Å². The number of hydrogen-bond donors (Lipinski definition) is 1. The van der Waals surface area contributed by atoms with Crippen LogP contribution in [-0.2, 0) is 11.3 Å². The second-order valence-corrected chi connectivity index (χ2v) is 8.96. The molecule has 8 heteroatoms. The summed E-state index contributed by atoms with van der Waals surface area (Å²) in [6, 6.07) is 3.15. The number of pyridine rings is 1. The first kappa shape index (κ1) is 21.8. The molecule has 6 nitrogen and oxygen atoms in total. The molecule has 1 saturated heterocycles. The van der Waals surface area contributed by atoms with Gasteiger partial charge in [-0.1, -0.05) is 25.2 Å². The van der Waals surface area contributed by atoms with Crippen LogP contribution < -0.4 is 10.2 Å². The summed E-state index contributed by atoms with van der Waals surface area (Å²) >= 11 is 0. The first-order valence-electron chi connectivity index (χ1n) is 11.5. The third-order valence-electron chi connectivity index (χ3n) is 6.66. The summed E-state index contributed by atoms with van der Waals surface area (Å²) in [6.45, 7) is 6.56. The number of hydrogen-bond acceptors (Lipinski definition) is 5. The van der Waals surface area contributed by atoms with Crippen LogP contribution in [0.1, 0.15) is 43.9 Å². The van der Waals surface area contributed by atoms with E-state index in [0.717, 1.165) is 41.8 Å². The molecule has 0 amide bonds. The van der Waals surface area contributed by atoms with E-state index in [1.165, 1.54) is 0 Å². The number of rotatable bonds is 5. The van der Waals surface area contributed by atoms with E-state index in [4.69, 9.17) is 9.84 Å². The number of aromatic nitrogens is 3. The van der Waals surface area contributed by atoms with Crippen LogP contribution in [0.5, 0.6) is 0 Å². The quantitative estimate of drug-likeness (QED) is 0.716. The molecule has 1 saturated carbocycles. The van der Waals surface area contributed by atoms with E-state index in [2.05, 4.69) is 16.9 Å². The minimum atomic E-state index is -2.78. The number of piperidine rings is 1. The number of alkyl halides is 2. The molecule has 2 fully saturated rings. The van der Waals surface area contributed by atoms with Crippen LogP contribution in [0, 0.1) is 0 Å². The predicted octanol–water partition coefficient (Wildman–Crippen LogP) is 4.63. The van der Waals surface area contributed by atoms with Gasteiger partial charge in [-0.15, -0.1) is 0 Å². The molecule has 1 unspecified atom stereocenters. The molecule has 2 aromatic rings. The summed E-state index contributed by atoms with van der Waals surface area (Å²) in [5, 5.41) is 7.87. The molecule has 2 aromatic heterocycles. The van der Waals surface area contributed by atoms with Crippen LogP contribution in [0.2, 0.25) is 0 Å². The van der Waals surface area contributed by atoms with Crippen molar-refractivity contribution in [3.05, 3.63) is 66.3 Å².